The molecule has 1 aromatic rings. The molecule has 0 spiro atoms. The summed E-state index contributed by atoms with van der Waals surface area (Å²) in [5, 5.41) is 2.83. The minimum absolute atomic E-state index is 0.0526. The number of carbonyl (C=O) groups is 1. The predicted octanol–water partition coefficient (Wildman–Crippen LogP) is 2.33. The summed E-state index contributed by atoms with van der Waals surface area (Å²) in [5.74, 6) is -0.459. The molecule has 0 bridgehead atoms. The average molecular weight is 193 g/mol. The van der Waals surface area contributed by atoms with Crippen LogP contribution >= 0.6 is 0 Å². The molecular weight excluding hydrogens is 181 g/mol. The topological polar surface area (TPSA) is 29.1 Å². The number of hydrogen-bond donors (Lipinski definition) is 1. The zero-order valence-electron chi connectivity index (χ0n) is 8.23. The van der Waals surface area contributed by atoms with Gasteiger partial charge in [0.2, 0.25) is 0 Å². The molecule has 0 aliphatic carbocycles. The molecule has 2 nitrogen and oxygen atoms in total. The normalized spacial score (nSPS) is 19.4. The highest BCUT2D eigenvalue weighted by Crippen LogP contribution is 2.30. The van der Waals surface area contributed by atoms with Gasteiger partial charge in [0.1, 0.15) is 5.82 Å². The van der Waals surface area contributed by atoms with Gasteiger partial charge in [-0.1, -0.05) is 13.0 Å². The minimum atomic E-state index is -0.310. The number of hydrogen-bond acceptors (Lipinski definition) is 1. The van der Waals surface area contributed by atoms with Gasteiger partial charge in [-0.3, -0.25) is 4.79 Å². The van der Waals surface area contributed by atoms with E-state index in [1.54, 1.807) is 13.0 Å². The van der Waals surface area contributed by atoms with Gasteiger partial charge in [-0.15, -0.1) is 0 Å². The Hall–Kier alpha value is -1.38. The van der Waals surface area contributed by atoms with E-state index in [1.165, 1.54) is 6.07 Å². The highest BCUT2D eigenvalue weighted by molar-refractivity contribution is 6.00. The second kappa shape index (κ2) is 3.08. The molecule has 1 heterocycles. The maximum absolute atomic E-state index is 13.2. The third-order valence-electron chi connectivity index (χ3n) is 2.75. The molecule has 14 heavy (non-hydrogen) atoms. The summed E-state index contributed by atoms with van der Waals surface area (Å²) in [7, 11) is 0. The Balaban J connectivity index is 2.62. The summed E-state index contributed by atoms with van der Waals surface area (Å²) in [5.41, 5.74) is 1.91. The molecule has 1 aliphatic rings. The van der Waals surface area contributed by atoms with Crippen LogP contribution in [0, 0.1) is 12.7 Å². The quantitative estimate of drug-likeness (QED) is 0.728. The van der Waals surface area contributed by atoms with Gasteiger partial charge in [0.25, 0.3) is 5.91 Å². The van der Waals surface area contributed by atoms with Gasteiger partial charge in [0, 0.05) is 0 Å². The van der Waals surface area contributed by atoms with Crippen LogP contribution in [0.1, 0.15) is 40.9 Å². The van der Waals surface area contributed by atoms with Crippen LogP contribution in [0.5, 0.6) is 0 Å². The fraction of sp³-hybridized carbons (Fsp3) is 0.364. The first kappa shape index (κ1) is 9.19. The van der Waals surface area contributed by atoms with Crippen molar-refractivity contribution in [2.75, 3.05) is 0 Å². The molecule has 0 radical (unpaired) electrons. The van der Waals surface area contributed by atoms with Gasteiger partial charge in [-0.05, 0) is 30.5 Å². The Kier molecular flexibility index (Phi) is 2.02. The molecule has 1 aromatic carbocycles. The smallest absolute Gasteiger partial charge is 0.252 e. The van der Waals surface area contributed by atoms with Crippen LogP contribution in [0.25, 0.3) is 0 Å². The van der Waals surface area contributed by atoms with Crippen molar-refractivity contribution in [2.45, 2.75) is 26.3 Å². The first-order valence-electron chi connectivity index (χ1n) is 4.75. The first-order valence-corrected chi connectivity index (χ1v) is 4.75. The van der Waals surface area contributed by atoms with Gasteiger partial charge in [-0.2, -0.15) is 0 Å². The number of halogens is 1. The SMILES string of the molecule is CCC1NC(=O)c2c1ccc(F)c2C. The number of amides is 1. The van der Waals surface area contributed by atoms with E-state index in [0.717, 1.165) is 12.0 Å². The van der Waals surface area contributed by atoms with Crippen molar-refractivity contribution in [1.29, 1.82) is 0 Å². The van der Waals surface area contributed by atoms with Gasteiger partial charge >= 0.3 is 0 Å². The van der Waals surface area contributed by atoms with Crippen molar-refractivity contribution in [1.82, 2.24) is 5.32 Å². The third-order valence-corrected chi connectivity index (χ3v) is 2.75. The van der Waals surface area contributed by atoms with Crippen molar-refractivity contribution in [2.24, 2.45) is 0 Å². The number of benzene rings is 1. The van der Waals surface area contributed by atoms with Crippen LogP contribution in [0.15, 0.2) is 12.1 Å². The molecule has 2 rings (SSSR count). The molecule has 1 aliphatic heterocycles. The highest BCUT2D eigenvalue weighted by Gasteiger charge is 2.29. The van der Waals surface area contributed by atoms with Gasteiger partial charge < -0.3 is 5.32 Å². The molecular formula is C11H12FNO. The number of rotatable bonds is 1. The summed E-state index contributed by atoms with van der Waals surface area (Å²) in [4.78, 5) is 11.5. The predicted molar refractivity (Wildman–Crippen MR) is 51.6 cm³/mol. The largest absolute Gasteiger partial charge is 0.345 e. The number of fused-ring (bicyclic) bond motifs is 1. The molecule has 1 amide bonds. The maximum atomic E-state index is 13.2. The summed E-state index contributed by atoms with van der Waals surface area (Å²) < 4.78 is 13.2. The standard InChI is InChI=1S/C11H12FNO/c1-3-9-7-4-5-8(12)6(2)10(7)11(14)13-9/h4-5,9H,3H2,1-2H3,(H,13,14). The van der Waals surface area contributed by atoms with E-state index in [9.17, 15) is 9.18 Å². The fourth-order valence-electron chi connectivity index (χ4n) is 1.93. The Morgan fingerprint density at radius 3 is 2.86 bits per heavy atom. The number of nitrogens with one attached hydrogen (secondary N) is 1. The van der Waals surface area contributed by atoms with Crippen LogP contribution in [0.3, 0.4) is 0 Å². The van der Waals surface area contributed by atoms with Gasteiger partial charge in [0.05, 0.1) is 11.6 Å². The highest BCUT2D eigenvalue weighted by atomic mass is 19.1. The lowest BCUT2D eigenvalue weighted by molar-refractivity contribution is 0.0955. The lowest BCUT2D eigenvalue weighted by atomic mass is 9.99. The zero-order valence-corrected chi connectivity index (χ0v) is 8.23. The van der Waals surface area contributed by atoms with E-state index in [4.69, 9.17) is 0 Å². The van der Waals surface area contributed by atoms with E-state index in [-0.39, 0.29) is 17.8 Å². The summed E-state index contributed by atoms with van der Waals surface area (Å²) in [6, 6.07) is 3.18. The first-order chi connectivity index (χ1) is 6.65. The van der Waals surface area contributed by atoms with Crippen LogP contribution in [0.2, 0.25) is 0 Å². The lowest BCUT2D eigenvalue weighted by Gasteiger charge is -2.07. The van der Waals surface area contributed by atoms with Crippen LogP contribution in [-0.4, -0.2) is 5.91 Å². The second-order valence-corrected chi connectivity index (χ2v) is 3.57. The van der Waals surface area contributed by atoms with E-state index in [2.05, 4.69) is 5.32 Å². The molecule has 74 valence electrons. The fourth-order valence-corrected chi connectivity index (χ4v) is 1.93. The zero-order chi connectivity index (χ0) is 10.3. The summed E-state index contributed by atoms with van der Waals surface area (Å²) >= 11 is 0. The molecule has 0 saturated carbocycles. The van der Waals surface area contributed by atoms with Gasteiger partial charge in [-0.25, -0.2) is 4.39 Å². The summed E-state index contributed by atoms with van der Waals surface area (Å²) in [6.07, 6.45) is 0.837. The summed E-state index contributed by atoms with van der Waals surface area (Å²) in [6.45, 7) is 3.64. The van der Waals surface area contributed by atoms with E-state index in [0.29, 0.717) is 11.1 Å². The van der Waals surface area contributed by atoms with Crippen molar-refractivity contribution >= 4 is 5.91 Å². The Bertz CT molecular complexity index is 401. The monoisotopic (exact) mass is 193 g/mol. The lowest BCUT2D eigenvalue weighted by Crippen LogP contribution is -2.18. The second-order valence-electron chi connectivity index (χ2n) is 3.57. The Morgan fingerprint density at radius 1 is 1.50 bits per heavy atom. The van der Waals surface area contributed by atoms with Crippen LogP contribution in [0.4, 0.5) is 4.39 Å². The molecule has 1 atom stereocenters. The molecule has 1 N–H and O–H groups in total. The minimum Gasteiger partial charge on any atom is -0.345 e. The van der Waals surface area contributed by atoms with E-state index in [1.807, 2.05) is 6.92 Å². The van der Waals surface area contributed by atoms with Crippen molar-refractivity contribution in [3.05, 3.63) is 34.6 Å². The van der Waals surface area contributed by atoms with Crippen molar-refractivity contribution in [3.63, 3.8) is 0 Å². The Morgan fingerprint density at radius 2 is 2.21 bits per heavy atom. The van der Waals surface area contributed by atoms with Gasteiger partial charge in [0.15, 0.2) is 0 Å². The number of carbonyl (C=O) groups excluding carboxylic acids is 1. The Labute approximate surface area is 82.1 Å². The molecule has 0 aromatic heterocycles. The van der Waals surface area contributed by atoms with Crippen molar-refractivity contribution < 1.29 is 9.18 Å². The molecule has 3 heteroatoms. The van der Waals surface area contributed by atoms with Crippen LogP contribution in [-0.2, 0) is 0 Å². The van der Waals surface area contributed by atoms with Crippen LogP contribution < -0.4 is 5.32 Å². The van der Waals surface area contributed by atoms with E-state index < -0.39 is 0 Å². The maximum Gasteiger partial charge on any atom is 0.252 e. The molecule has 0 saturated heterocycles. The van der Waals surface area contributed by atoms with E-state index >= 15 is 0 Å². The van der Waals surface area contributed by atoms with Crippen molar-refractivity contribution in [3.8, 4) is 0 Å². The molecule has 1 unspecified atom stereocenters. The average Bonchev–Trinajstić information content (AvgIpc) is 2.49. The third kappa shape index (κ3) is 1.12. The molecule has 0 fully saturated rings.